The van der Waals surface area contributed by atoms with Crippen LogP contribution in [0.2, 0.25) is 0 Å². The summed E-state index contributed by atoms with van der Waals surface area (Å²) < 4.78 is 4.80. The second kappa shape index (κ2) is 21.9. The molecule has 0 amide bonds. The van der Waals surface area contributed by atoms with Gasteiger partial charge in [0, 0.05) is 62.0 Å². The Kier molecular flexibility index (Phi) is 12.9. The lowest BCUT2D eigenvalue weighted by molar-refractivity contribution is 0.0945. The SMILES string of the molecule is Cc1ccc(C2CCC3=C(c4ccc5c6ccc(-c7ccc8c(c7)C(=O)C(c7ccccc7)CCc7c(-c9ccc%10c(c9)c9ccccc9n%10-c9ccccc9)c9ccccc9n7-8)cc6c6ccccc6c5c4)c4ccccc4CCC3c3ccccc3C2=O)c(C)c1. The van der Waals surface area contributed by atoms with Crippen LogP contribution in [0.3, 0.4) is 0 Å². The van der Waals surface area contributed by atoms with E-state index in [1.807, 2.05) is 6.07 Å². The molecule has 93 heavy (non-hydrogen) atoms. The summed E-state index contributed by atoms with van der Waals surface area (Å²) in [5.41, 5.74) is 25.1. The average Bonchev–Trinajstić information content (AvgIpc) is 1.70. The molecule has 0 saturated heterocycles. The first kappa shape index (κ1) is 54.9. The van der Waals surface area contributed by atoms with Gasteiger partial charge in [0.05, 0.1) is 22.2 Å². The van der Waals surface area contributed by atoms with Gasteiger partial charge in [-0.25, -0.2) is 0 Å². The van der Waals surface area contributed by atoms with E-state index in [4.69, 9.17) is 0 Å². The van der Waals surface area contributed by atoms with Crippen LogP contribution in [0.25, 0.3) is 104 Å². The zero-order valence-electron chi connectivity index (χ0n) is 52.2. The largest absolute Gasteiger partial charge is 0.312 e. The predicted octanol–water partition coefficient (Wildman–Crippen LogP) is 22.3. The van der Waals surface area contributed by atoms with Gasteiger partial charge in [-0.05, 0) is 207 Å². The number of benzene rings is 13. The van der Waals surface area contributed by atoms with Crippen molar-refractivity contribution in [3.63, 3.8) is 0 Å². The van der Waals surface area contributed by atoms with Crippen molar-refractivity contribution in [2.75, 3.05) is 0 Å². The van der Waals surface area contributed by atoms with E-state index >= 15 is 4.79 Å². The fourth-order valence-electron chi connectivity index (χ4n) is 17.1. The maximum Gasteiger partial charge on any atom is 0.172 e. The summed E-state index contributed by atoms with van der Waals surface area (Å²) in [6, 6.07) is 99.6. The summed E-state index contributed by atoms with van der Waals surface area (Å²) in [5.74, 6) is -0.111. The molecule has 3 unspecified atom stereocenters. The maximum atomic E-state index is 15.8. The molecule has 15 aromatic rings. The molecule has 1 aliphatic heterocycles. The molecule has 2 aliphatic carbocycles. The summed E-state index contributed by atoms with van der Waals surface area (Å²) in [6.07, 6.45) is 4.81. The molecule has 0 saturated carbocycles. The number of allylic oxidation sites excluding steroid dienone is 1. The van der Waals surface area contributed by atoms with Crippen molar-refractivity contribution >= 4 is 82.2 Å². The molecule has 3 heterocycles. The Morgan fingerprint density at radius 2 is 0.903 bits per heavy atom. The number of hydrogen-bond donors (Lipinski definition) is 0. The number of ketones is 2. The summed E-state index contributed by atoms with van der Waals surface area (Å²) in [6.45, 7) is 4.30. The van der Waals surface area contributed by atoms with E-state index in [-0.39, 0.29) is 29.3 Å². The van der Waals surface area contributed by atoms with E-state index in [1.165, 1.54) is 115 Å². The van der Waals surface area contributed by atoms with Crippen LogP contribution >= 0.6 is 0 Å². The summed E-state index contributed by atoms with van der Waals surface area (Å²) in [7, 11) is 0. The highest BCUT2D eigenvalue weighted by Crippen LogP contribution is 2.51. The highest BCUT2D eigenvalue weighted by molar-refractivity contribution is 6.26. The molecule has 0 radical (unpaired) electrons. The van der Waals surface area contributed by atoms with E-state index < -0.39 is 0 Å². The zero-order chi connectivity index (χ0) is 62.0. The van der Waals surface area contributed by atoms with E-state index in [9.17, 15) is 4.79 Å². The molecule has 0 spiro atoms. The van der Waals surface area contributed by atoms with E-state index in [0.29, 0.717) is 12.8 Å². The van der Waals surface area contributed by atoms with Gasteiger partial charge in [0.1, 0.15) is 0 Å². The number of carbonyl (C=O) groups is 2. The normalized spacial score (nSPS) is 16.6. The minimum Gasteiger partial charge on any atom is -0.312 e. The Morgan fingerprint density at radius 1 is 0.344 bits per heavy atom. The molecular weight excluding hydrogens is 1130 g/mol. The summed E-state index contributed by atoms with van der Waals surface area (Å²) >= 11 is 0. The Balaban J connectivity index is 0.788. The third-order valence-electron chi connectivity index (χ3n) is 21.3. The van der Waals surface area contributed by atoms with E-state index in [1.54, 1.807) is 0 Å². The molecule has 0 N–H and O–H groups in total. The second-order valence-electron chi connectivity index (χ2n) is 26.3. The van der Waals surface area contributed by atoms with Gasteiger partial charge in [-0.15, -0.1) is 0 Å². The molecule has 4 nitrogen and oxygen atoms in total. The van der Waals surface area contributed by atoms with Crippen molar-refractivity contribution in [3.05, 3.63) is 340 Å². The lowest BCUT2D eigenvalue weighted by Crippen LogP contribution is -2.21. The molecule has 0 bridgehead atoms. The lowest BCUT2D eigenvalue weighted by atomic mass is 9.72. The minimum atomic E-state index is -0.344. The van der Waals surface area contributed by atoms with Gasteiger partial charge in [-0.3, -0.25) is 9.59 Å². The van der Waals surface area contributed by atoms with Gasteiger partial charge < -0.3 is 9.13 Å². The van der Waals surface area contributed by atoms with Gasteiger partial charge in [-0.2, -0.15) is 0 Å². The predicted molar refractivity (Wildman–Crippen MR) is 385 cm³/mol. The fourth-order valence-corrected chi connectivity index (χ4v) is 17.1. The molecule has 3 atom stereocenters. The van der Waals surface area contributed by atoms with Crippen LogP contribution < -0.4 is 0 Å². The Labute approximate surface area is 541 Å². The highest BCUT2D eigenvalue weighted by Gasteiger charge is 2.37. The number of aromatic nitrogens is 2. The van der Waals surface area contributed by atoms with Crippen LogP contribution in [-0.2, 0) is 12.8 Å². The zero-order valence-corrected chi connectivity index (χ0v) is 52.2. The standard InChI is InChI=1S/C89H66N2O2/c1-54-33-39-63(55(2)49-54)75-44-43-73-69(66-25-13-14-29-74(66)89(75)93)40-34-57-21-9-10-24-64(57)86(73)60-36-42-71-70-41-35-58(50-77(70)67-26-11-12-27-68(67)78(71)52-60)59-37-46-84-80(51-59)88(92)65(56-19-5-3-6-20-56)45-48-85-87(76-30-16-18-32-82(76)91(84)85)61-38-47-83-79(53-61)72-28-15-17-31-81(72)90(83)62-22-7-4-8-23-62/h3-33,35-39,41-42,46-47,49-53,65,69,75H,34,40,43-45,48H2,1-2H3. The quantitative estimate of drug-likeness (QED) is 0.156. The monoisotopic (exact) mass is 1190 g/mol. The van der Waals surface area contributed by atoms with Crippen LogP contribution in [-0.4, -0.2) is 20.7 Å². The summed E-state index contributed by atoms with van der Waals surface area (Å²) in [4.78, 5) is 30.8. The third-order valence-corrected chi connectivity index (χ3v) is 21.3. The molecule has 3 aliphatic rings. The Hall–Kier alpha value is -10.9. The van der Waals surface area contributed by atoms with Crippen LogP contribution in [0, 0.1) is 13.8 Å². The van der Waals surface area contributed by atoms with Crippen LogP contribution in [0.15, 0.2) is 279 Å². The van der Waals surface area contributed by atoms with Crippen molar-refractivity contribution < 1.29 is 9.59 Å². The Bertz CT molecular complexity index is 5640. The number of para-hydroxylation sites is 3. The van der Waals surface area contributed by atoms with Crippen LogP contribution in [0.5, 0.6) is 0 Å². The smallest absolute Gasteiger partial charge is 0.172 e. The topological polar surface area (TPSA) is 44.0 Å². The first-order chi connectivity index (χ1) is 45.8. The lowest BCUT2D eigenvalue weighted by Gasteiger charge is -2.31. The van der Waals surface area contributed by atoms with Crippen LogP contribution in [0.1, 0.15) is 114 Å². The highest BCUT2D eigenvalue weighted by atomic mass is 16.1. The van der Waals surface area contributed by atoms with Crippen molar-refractivity contribution in [2.45, 2.75) is 70.1 Å². The minimum absolute atomic E-state index is 0.0937. The number of nitrogens with zero attached hydrogens (tertiary/aromatic N) is 2. The second-order valence-corrected chi connectivity index (χ2v) is 26.3. The number of carbonyl (C=O) groups excluding carboxylic acids is 2. The van der Waals surface area contributed by atoms with Gasteiger partial charge in [0.25, 0.3) is 0 Å². The number of fused-ring (bicyclic) bond motifs is 18. The number of rotatable bonds is 6. The molecule has 444 valence electrons. The average molecular weight is 1200 g/mol. The van der Waals surface area contributed by atoms with Gasteiger partial charge in [0.15, 0.2) is 11.6 Å². The first-order valence-corrected chi connectivity index (χ1v) is 33.2. The molecule has 4 heteroatoms. The fraction of sp³-hybridized carbons (Fsp3) is 0.124. The Morgan fingerprint density at radius 3 is 1.68 bits per heavy atom. The molecule has 13 aromatic carbocycles. The van der Waals surface area contributed by atoms with Crippen molar-refractivity contribution in [2.24, 2.45) is 0 Å². The molecule has 0 fully saturated rings. The van der Waals surface area contributed by atoms with Crippen LogP contribution in [0.4, 0.5) is 0 Å². The molecule has 18 rings (SSSR count). The van der Waals surface area contributed by atoms with E-state index in [0.717, 1.165) is 81.5 Å². The number of Topliss-reactive ketones (excluding diaryl/α,β-unsaturated/α-hetero) is 2. The number of aryl methyl sites for hydroxylation is 3. The maximum absolute atomic E-state index is 15.8. The van der Waals surface area contributed by atoms with Crippen molar-refractivity contribution in [3.8, 4) is 33.6 Å². The first-order valence-electron chi connectivity index (χ1n) is 33.2. The molecular formula is C89H66N2O2. The van der Waals surface area contributed by atoms with E-state index in [2.05, 4.69) is 290 Å². The third kappa shape index (κ3) is 8.79. The molecule has 2 aromatic heterocycles. The summed E-state index contributed by atoms with van der Waals surface area (Å²) in [5, 5.41) is 10.8. The van der Waals surface area contributed by atoms with Crippen molar-refractivity contribution in [1.82, 2.24) is 9.13 Å². The van der Waals surface area contributed by atoms with Gasteiger partial charge in [-0.1, -0.05) is 223 Å². The number of hydrogen-bond acceptors (Lipinski definition) is 2. The van der Waals surface area contributed by atoms with Crippen molar-refractivity contribution in [1.29, 1.82) is 0 Å². The van der Waals surface area contributed by atoms with Gasteiger partial charge >= 0.3 is 0 Å². The van der Waals surface area contributed by atoms with Gasteiger partial charge in [0.2, 0.25) is 0 Å².